The molecule has 0 saturated carbocycles. The van der Waals surface area contributed by atoms with E-state index in [4.69, 9.17) is 0 Å². The van der Waals surface area contributed by atoms with Crippen molar-refractivity contribution < 1.29 is 26.3 Å². The molecule has 0 unspecified atom stereocenters. The van der Waals surface area contributed by atoms with Crippen LogP contribution in [0.15, 0.2) is 29.2 Å². The Morgan fingerprint density at radius 3 is 1.88 bits per heavy atom. The number of hydrogen-bond donors (Lipinski definition) is 0. The van der Waals surface area contributed by atoms with Crippen molar-refractivity contribution in [3.05, 3.63) is 29.8 Å². The Balaban J connectivity index is 2.82. The predicted octanol–water partition coefficient (Wildman–Crippen LogP) is 4.58. The Kier molecular flexibility index (Phi) is 4.01. The van der Waals surface area contributed by atoms with Gasteiger partial charge in [-0.15, -0.1) is 0 Å². The highest BCUT2D eigenvalue weighted by Crippen LogP contribution is 2.45. The van der Waals surface area contributed by atoms with E-state index in [1.807, 2.05) is 0 Å². The van der Waals surface area contributed by atoms with Crippen LogP contribution < -0.4 is 0 Å². The molecule has 0 N–H and O–H groups in total. The highest BCUT2D eigenvalue weighted by molar-refractivity contribution is 8.00. The molecule has 0 bridgehead atoms. The normalized spacial score (nSPS) is 14.8. The van der Waals surface area contributed by atoms with Gasteiger partial charge in [-0.3, -0.25) is 0 Å². The summed E-state index contributed by atoms with van der Waals surface area (Å²) in [6.07, 6.45) is -9.75. The van der Waals surface area contributed by atoms with Crippen LogP contribution in [0.2, 0.25) is 0 Å². The molecular formula is C10H8F6S. The molecule has 0 radical (unpaired) electrons. The van der Waals surface area contributed by atoms with Gasteiger partial charge in [0.25, 0.3) is 6.17 Å². The molecule has 0 nitrogen and oxygen atoms in total. The van der Waals surface area contributed by atoms with E-state index in [-0.39, 0.29) is 4.90 Å². The lowest BCUT2D eigenvalue weighted by atomic mass is 10.2. The summed E-state index contributed by atoms with van der Waals surface area (Å²) in [6, 6.07) is 5.35. The van der Waals surface area contributed by atoms with Gasteiger partial charge in [0.1, 0.15) is 0 Å². The average Bonchev–Trinajstić information content (AvgIpc) is 2.19. The topological polar surface area (TPSA) is 0 Å². The zero-order chi connectivity index (χ0) is 13.3. The third-order valence-corrected chi connectivity index (χ3v) is 2.84. The fraction of sp³-hybridized carbons (Fsp3) is 0.400. The molecule has 1 aromatic carbocycles. The molecular weight excluding hydrogens is 266 g/mol. The van der Waals surface area contributed by atoms with E-state index in [1.54, 1.807) is 6.92 Å². The van der Waals surface area contributed by atoms with Gasteiger partial charge in [0, 0.05) is 4.90 Å². The van der Waals surface area contributed by atoms with Gasteiger partial charge in [-0.1, -0.05) is 17.7 Å². The van der Waals surface area contributed by atoms with Gasteiger partial charge >= 0.3 is 11.4 Å². The summed E-state index contributed by atoms with van der Waals surface area (Å²) in [7, 11) is 0. The third-order valence-electron chi connectivity index (χ3n) is 1.86. The van der Waals surface area contributed by atoms with Crippen molar-refractivity contribution in [2.45, 2.75) is 29.4 Å². The first-order chi connectivity index (χ1) is 7.63. The molecule has 0 fully saturated rings. The quantitative estimate of drug-likeness (QED) is 0.574. The SMILES string of the molecule is Cc1ccc(SC(F)(F)[C@H](F)C(F)(F)F)cc1. The molecule has 0 aromatic heterocycles. The Bertz CT molecular complexity index is 369. The molecule has 96 valence electrons. The number of thioether (sulfide) groups is 1. The molecule has 7 heteroatoms. The van der Waals surface area contributed by atoms with Gasteiger partial charge in [0.2, 0.25) is 0 Å². The summed E-state index contributed by atoms with van der Waals surface area (Å²) in [5.74, 6) is 0. The molecule has 0 aliphatic heterocycles. The van der Waals surface area contributed by atoms with Crippen LogP contribution in [-0.4, -0.2) is 17.6 Å². The van der Waals surface area contributed by atoms with E-state index < -0.39 is 29.4 Å². The maximum absolute atomic E-state index is 13.0. The van der Waals surface area contributed by atoms with Gasteiger partial charge in [0.05, 0.1) is 0 Å². The predicted molar refractivity (Wildman–Crippen MR) is 52.9 cm³/mol. The largest absolute Gasteiger partial charge is 0.426 e. The van der Waals surface area contributed by atoms with Crippen LogP contribution in [0, 0.1) is 6.92 Å². The summed E-state index contributed by atoms with van der Waals surface area (Å²) >= 11 is -0.439. The lowest BCUT2D eigenvalue weighted by Gasteiger charge is -2.21. The molecule has 0 spiro atoms. The van der Waals surface area contributed by atoms with Gasteiger partial charge in [-0.2, -0.15) is 22.0 Å². The monoisotopic (exact) mass is 274 g/mol. The van der Waals surface area contributed by atoms with Gasteiger partial charge in [-0.05, 0) is 30.8 Å². The van der Waals surface area contributed by atoms with Crippen molar-refractivity contribution in [1.29, 1.82) is 0 Å². The van der Waals surface area contributed by atoms with E-state index in [0.29, 0.717) is 0 Å². The van der Waals surface area contributed by atoms with Crippen molar-refractivity contribution in [3.63, 3.8) is 0 Å². The number of hydrogen-bond acceptors (Lipinski definition) is 1. The minimum absolute atomic E-state index is 0.118. The van der Waals surface area contributed by atoms with Crippen LogP contribution >= 0.6 is 11.8 Å². The zero-order valence-electron chi connectivity index (χ0n) is 8.56. The molecule has 1 aromatic rings. The van der Waals surface area contributed by atoms with E-state index in [2.05, 4.69) is 0 Å². The fourth-order valence-corrected chi connectivity index (χ4v) is 1.83. The molecule has 0 aliphatic rings. The maximum Gasteiger partial charge on any atom is 0.426 e. The summed E-state index contributed by atoms with van der Waals surface area (Å²) in [4.78, 5) is -0.118. The van der Waals surface area contributed by atoms with Crippen molar-refractivity contribution in [2.24, 2.45) is 0 Å². The Morgan fingerprint density at radius 2 is 1.47 bits per heavy atom. The summed E-state index contributed by atoms with van der Waals surface area (Å²) < 4.78 is 74.0. The number of alkyl halides is 6. The first-order valence-electron chi connectivity index (χ1n) is 4.47. The molecule has 0 heterocycles. The number of halogens is 6. The first-order valence-corrected chi connectivity index (χ1v) is 5.29. The van der Waals surface area contributed by atoms with Crippen LogP contribution in [0.4, 0.5) is 26.3 Å². The van der Waals surface area contributed by atoms with Crippen LogP contribution in [0.1, 0.15) is 5.56 Å². The first kappa shape index (κ1) is 14.2. The van der Waals surface area contributed by atoms with E-state index >= 15 is 0 Å². The van der Waals surface area contributed by atoms with E-state index in [9.17, 15) is 26.3 Å². The second-order valence-electron chi connectivity index (χ2n) is 3.38. The molecule has 0 aliphatic carbocycles. The Morgan fingerprint density at radius 1 is 1.00 bits per heavy atom. The van der Waals surface area contributed by atoms with Gasteiger partial charge in [-0.25, -0.2) is 4.39 Å². The van der Waals surface area contributed by atoms with Crippen LogP contribution in [0.5, 0.6) is 0 Å². The smallest absolute Gasteiger partial charge is 0.230 e. The molecule has 1 atom stereocenters. The van der Waals surface area contributed by atoms with Crippen LogP contribution in [0.25, 0.3) is 0 Å². The molecule has 0 saturated heterocycles. The van der Waals surface area contributed by atoms with Crippen molar-refractivity contribution in [1.82, 2.24) is 0 Å². The standard InChI is InChI=1S/C10H8F6S/c1-6-2-4-7(5-3-6)17-10(15,16)8(11)9(12,13)14/h2-5,8H,1H3/t8-/m1/s1. The van der Waals surface area contributed by atoms with Crippen LogP contribution in [-0.2, 0) is 0 Å². The molecule has 0 amide bonds. The Labute approximate surface area is 98.0 Å². The number of aryl methyl sites for hydroxylation is 1. The van der Waals surface area contributed by atoms with Crippen LogP contribution in [0.3, 0.4) is 0 Å². The summed E-state index contributed by atoms with van der Waals surface area (Å²) in [6.45, 7) is 1.69. The molecule has 1 rings (SSSR count). The van der Waals surface area contributed by atoms with E-state index in [1.165, 1.54) is 24.3 Å². The summed E-state index contributed by atoms with van der Waals surface area (Å²) in [5.41, 5.74) is 0.769. The molecule has 17 heavy (non-hydrogen) atoms. The van der Waals surface area contributed by atoms with Crippen molar-refractivity contribution in [2.75, 3.05) is 0 Å². The summed E-state index contributed by atoms with van der Waals surface area (Å²) in [5, 5.41) is -4.53. The Hall–Kier alpha value is -0.850. The highest BCUT2D eigenvalue weighted by atomic mass is 32.2. The lowest BCUT2D eigenvalue weighted by Crippen LogP contribution is -2.39. The average molecular weight is 274 g/mol. The number of rotatable bonds is 3. The zero-order valence-corrected chi connectivity index (χ0v) is 9.38. The second-order valence-corrected chi connectivity index (χ2v) is 4.60. The lowest BCUT2D eigenvalue weighted by molar-refractivity contribution is -0.219. The van der Waals surface area contributed by atoms with Crippen molar-refractivity contribution >= 4 is 11.8 Å². The second kappa shape index (κ2) is 4.80. The highest BCUT2D eigenvalue weighted by Gasteiger charge is 2.57. The fourth-order valence-electron chi connectivity index (χ4n) is 1.01. The third kappa shape index (κ3) is 3.83. The minimum atomic E-state index is -5.57. The maximum atomic E-state index is 13.0. The minimum Gasteiger partial charge on any atom is -0.230 e. The van der Waals surface area contributed by atoms with Crippen molar-refractivity contribution in [3.8, 4) is 0 Å². The van der Waals surface area contributed by atoms with E-state index in [0.717, 1.165) is 5.56 Å². The number of benzene rings is 1. The van der Waals surface area contributed by atoms with Gasteiger partial charge in [0.15, 0.2) is 0 Å². The van der Waals surface area contributed by atoms with Gasteiger partial charge < -0.3 is 0 Å².